The lowest BCUT2D eigenvalue weighted by Gasteiger charge is -2.12. The molecule has 18 heavy (non-hydrogen) atoms. The van der Waals surface area contributed by atoms with Crippen molar-refractivity contribution in [1.82, 2.24) is 0 Å². The van der Waals surface area contributed by atoms with Gasteiger partial charge in [-0.05, 0) is 17.7 Å². The molecule has 0 saturated carbocycles. The fourth-order valence-corrected chi connectivity index (χ4v) is 1.64. The Kier molecular flexibility index (Phi) is 4.96. The minimum Gasteiger partial charge on any atom is -0.493 e. The Morgan fingerprint density at radius 2 is 1.72 bits per heavy atom. The maximum Gasteiger partial charge on any atom is 0.311 e. The van der Waals surface area contributed by atoms with E-state index in [1.54, 1.807) is 12.1 Å². The van der Waals surface area contributed by atoms with Crippen molar-refractivity contribution in [3.63, 3.8) is 0 Å². The van der Waals surface area contributed by atoms with Crippen molar-refractivity contribution in [2.24, 2.45) is 0 Å². The van der Waals surface area contributed by atoms with Crippen molar-refractivity contribution >= 4 is 22.0 Å². The lowest BCUT2D eigenvalue weighted by Crippen LogP contribution is -1.96. The quantitative estimate of drug-likeness (QED) is 0.474. The van der Waals surface area contributed by atoms with Crippen LogP contribution in [0.1, 0.15) is 5.56 Å². The minimum absolute atomic E-state index is 0.156. The topological polar surface area (TPSA) is 70.8 Å². The molecule has 1 aromatic carbocycles. The first kappa shape index (κ1) is 14.3. The van der Waals surface area contributed by atoms with Gasteiger partial charge in [0.2, 0.25) is 5.75 Å². The van der Waals surface area contributed by atoms with E-state index in [1.807, 2.05) is 0 Å². The van der Waals surface area contributed by atoms with Crippen molar-refractivity contribution in [3.05, 3.63) is 32.4 Å². The molecule has 0 bridgehead atoms. The van der Waals surface area contributed by atoms with Crippen molar-refractivity contribution in [2.75, 3.05) is 21.3 Å². The lowest BCUT2D eigenvalue weighted by molar-refractivity contribution is -0.407. The largest absolute Gasteiger partial charge is 0.493 e. The summed E-state index contributed by atoms with van der Waals surface area (Å²) in [5.74, 6) is 1.31. The summed E-state index contributed by atoms with van der Waals surface area (Å²) >= 11 is 2.86. The highest BCUT2D eigenvalue weighted by Crippen LogP contribution is 2.38. The van der Waals surface area contributed by atoms with Crippen molar-refractivity contribution < 1.29 is 19.1 Å². The van der Waals surface area contributed by atoms with Gasteiger partial charge in [0.1, 0.15) is 0 Å². The van der Waals surface area contributed by atoms with Gasteiger partial charge in [0.15, 0.2) is 11.5 Å². The summed E-state index contributed by atoms with van der Waals surface area (Å²) < 4.78 is 15.3. The minimum atomic E-state index is -0.539. The third kappa shape index (κ3) is 3.13. The van der Waals surface area contributed by atoms with Crippen LogP contribution in [-0.4, -0.2) is 26.3 Å². The van der Waals surface area contributed by atoms with E-state index in [2.05, 4.69) is 15.9 Å². The van der Waals surface area contributed by atoms with Crippen LogP contribution in [0.15, 0.2) is 16.7 Å². The summed E-state index contributed by atoms with van der Waals surface area (Å²) in [5, 5.41) is 10.5. The molecule has 0 N–H and O–H groups in total. The molecule has 0 unspecified atom stereocenters. The van der Waals surface area contributed by atoms with Crippen LogP contribution in [0.3, 0.4) is 0 Å². The maximum atomic E-state index is 10.5. The molecular weight excluding hydrogens is 306 g/mol. The van der Waals surface area contributed by atoms with Crippen LogP contribution in [0.25, 0.3) is 6.08 Å². The van der Waals surface area contributed by atoms with Gasteiger partial charge in [0.25, 0.3) is 0 Å². The van der Waals surface area contributed by atoms with E-state index in [4.69, 9.17) is 14.2 Å². The van der Waals surface area contributed by atoms with Gasteiger partial charge in [0.05, 0.1) is 26.3 Å². The van der Waals surface area contributed by atoms with Crippen LogP contribution in [0.2, 0.25) is 0 Å². The van der Waals surface area contributed by atoms with E-state index >= 15 is 0 Å². The van der Waals surface area contributed by atoms with Crippen LogP contribution in [-0.2, 0) is 0 Å². The number of nitro groups is 1. The Labute approximate surface area is 112 Å². The molecule has 0 fully saturated rings. The van der Waals surface area contributed by atoms with Gasteiger partial charge >= 0.3 is 4.61 Å². The normalized spacial score (nSPS) is 11.0. The number of benzene rings is 1. The molecule has 0 spiro atoms. The summed E-state index contributed by atoms with van der Waals surface area (Å²) in [6.07, 6.45) is 1.35. The molecule has 1 aromatic rings. The van der Waals surface area contributed by atoms with E-state index in [9.17, 15) is 10.1 Å². The molecule has 0 aliphatic rings. The third-order valence-electron chi connectivity index (χ3n) is 2.15. The van der Waals surface area contributed by atoms with Gasteiger partial charge in [-0.3, -0.25) is 10.1 Å². The number of methoxy groups -OCH3 is 3. The number of hydrogen-bond donors (Lipinski definition) is 0. The predicted octanol–water partition coefficient (Wildman–Crippen LogP) is 2.68. The van der Waals surface area contributed by atoms with Gasteiger partial charge in [-0.15, -0.1) is 0 Å². The molecule has 98 valence electrons. The number of nitrogens with zero attached hydrogens (tertiary/aromatic N) is 1. The molecule has 0 saturated heterocycles. The molecule has 0 aromatic heterocycles. The summed E-state index contributed by atoms with van der Waals surface area (Å²) in [7, 11) is 4.45. The van der Waals surface area contributed by atoms with Crippen molar-refractivity contribution in [1.29, 1.82) is 0 Å². The SMILES string of the molecule is COc1cc(/C=C(\Br)[N+](=O)[O-])cc(OC)c1OC. The molecule has 1 rings (SSSR count). The molecule has 0 radical (unpaired) electrons. The number of ether oxygens (including phenoxy) is 3. The molecule has 0 heterocycles. The summed E-state index contributed by atoms with van der Waals surface area (Å²) in [6, 6.07) is 3.23. The van der Waals surface area contributed by atoms with Crippen molar-refractivity contribution in [3.8, 4) is 17.2 Å². The highest BCUT2D eigenvalue weighted by molar-refractivity contribution is 9.11. The second-order valence-corrected chi connectivity index (χ2v) is 4.00. The Morgan fingerprint density at radius 3 is 2.06 bits per heavy atom. The maximum absolute atomic E-state index is 10.5. The molecule has 0 aliphatic heterocycles. The molecule has 0 aliphatic carbocycles. The van der Waals surface area contributed by atoms with Gasteiger partial charge in [0, 0.05) is 22.0 Å². The summed E-state index contributed by atoms with van der Waals surface area (Å²) in [6.45, 7) is 0. The standard InChI is InChI=1S/C11H12BrNO5/c1-16-8-4-7(6-10(12)13(14)15)5-9(17-2)11(8)18-3/h4-6H,1-3H3/b10-6+. The van der Waals surface area contributed by atoms with E-state index in [-0.39, 0.29) is 4.61 Å². The molecule has 6 nitrogen and oxygen atoms in total. The summed E-state index contributed by atoms with van der Waals surface area (Å²) in [5.41, 5.74) is 0.563. The van der Waals surface area contributed by atoms with Gasteiger partial charge in [-0.2, -0.15) is 0 Å². The Hall–Kier alpha value is -1.76. The van der Waals surface area contributed by atoms with E-state index < -0.39 is 4.92 Å². The smallest absolute Gasteiger partial charge is 0.311 e. The molecule has 0 amide bonds. The van der Waals surface area contributed by atoms with Crippen LogP contribution < -0.4 is 14.2 Å². The Balaban J connectivity index is 3.32. The van der Waals surface area contributed by atoms with Gasteiger partial charge in [-0.25, -0.2) is 0 Å². The highest BCUT2D eigenvalue weighted by atomic mass is 79.9. The Morgan fingerprint density at radius 1 is 1.22 bits per heavy atom. The molecular formula is C11H12BrNO5. The second kappa shape index (κ2) is 6.25. The van der Waals surface area contributed by atoms with E-state index in [1.165, 1.54) is 27.4 Å². The lowest BCUT2D eigenvalue weighted by atomic mass is 10.2. The first-order valence-corrected chi connectivity index (χ1v) is 5.64. The van der Waals surface area contributed by atoms with Crippen LogP contribution >= 0.6 is 15.9 Å². The fourth-order valence-electron chi connectivity index (χ4n) is 1.37. The predicted molar refractivity (Wildman–Crippen MR) is 70.0 cm³/mol. The monoisotopic (exact) mass is 317 g/mol. The fraction of sp³-hybridized carbons (Fsp3) is 0.273. The van der Waals surface area contributed by atoms with Gasteiger partial charge in [-0.1, -0.05) is 0 Å². The van der Waals surface area contributed by atoms with E-state index in [0.29, 0.717) is 22.8 Å². The van der Waals surface area contributed by atoms with Crippen LogP contribution in [0, 0.1) is 10.1 Å². The molecule has 0 atom stereocenters. The summed E-state index contributed by atoms with van der Waals surface area (Å²) in [4.78, 5) is 10.0. The van der Waals surface area contributed by atoms with Crippen LogP contribution in [0.5, 0.6) is 17.2 Å². The number of hydrogen-bond acceptors (Lipinski definition) is 5. The molecule has 7 heteroatoms. The van der Waals surface area contributed by atoms with Gasteiger partial charge < -0.3 is 14.2 Å². The Bertz CT molecular complexity index is 461. The zero-order valence-electron chi connectivity index (χ0n) is 10.1. The zero-order valence-corrected chi connectivity index (χ0v) is 11.7. The number of halogens is 1. The third-order valence-corrected chi connectivity index (χ3v) is 2.67. The number of rotatable bonds is 5. The first-order valence-electron chi connectivity index (χ1n) is 4.85. The van der Waals surface area contributed by atoms with Crippen molar-refractivity contribution in [2.45, 2.75) is 0 Å². The first-order chi connectivity index (χ1) is 8.53. The highest BCUT2D eigenvalue weighted by Gasteiger charge is 2.14. The van der Waals surface area contributed by atoms with Crippen LogP contribution in [0.4, 0.5) is 0 Å². The van der Waals surface area contributed by atoms with E-state index in [0.717, 1.165) is 0 Å². The second-order valence-electron chi connectivity index (χ2n) is 3.18. The average molecular weight is 318 g/mol. The zero-order chi connectivity index (χ0) is 13.7. The average Bonchev–Trinajstić information content (AvgIpc) is 2.37.